The zero-order valence-corrected chi connectivity index (χ0v) is 10.3. The van der Waals surface area contributed by atoms with Gasteiger partial charge in [0, 0.05) is 17.9 Å². The van der Waals surface area contributed by atoms with Gasteiger partial charge in [0.25, 0.3) is 5.91 Å². The van der Waals surface area contributed by atoms with E-state index in [0.717, 1.165) is 19.4 Å². The number of nitrogens with two attached hydrogens (primary N) is 1. The van der Waals surface area contributed by atoms with Crippen LogP contribution in [0.1, 0.15) is 23.2 Å². The number of anilines is 1. The summed E-state index contributed by atoms with van der Waals surface area (Å²) in [5.74, 6) is -0.0807. The molecule has 2 rings (SSSR count). The Balaban J connectivity index is 0.00000144. The Kier molecular flexibility index (Phi) is 5.25. The molecule has 1 amide bonds. The fourth-order valence-corrected chi connectivity index (χ4v) is 1.80. The Bertz CT molecular complexity index is 379. The minimum Gasteiger partial charge on any atom is -0.399 e. The molecule has 3 N–H and O–H groups in total. The van der Waals surface area contributed by atoms with E-state index in [4.69, 9.17) is 10.5 Å². The number of carbonyl (C=O) groups excluding carboxylic acids is 1. The average Bonchev–Trinajstić information content (AvgIpc) is 2.30. The molecule has 0 radical (unpaired) electrons. The third kappa shape index (κ3) is 3.91. The molecule has 0 aliphatic carbocycles. The van der Waals surface area contributed by atoms with Gasteiger partial charge in [-0.25, -0.2) is 0 Å². The topological polar surface area (TPSA) is 64.4 Å². The molecule has 0 aromatic heterocycles. The average molecular weight is 257 g/mol. The molecule has 1 aromatic rings. The van der Waals surface area contributed by atoms with Gasteiger partial charge in [0.2, 0.25) is 0 Å². The van der Waals surface area contributed by atoms with Gasteiger partial charge in [0.15, 0.2) is 0 Å². The largest absolute Gasteiger partial charge is 0.399 e. The zero-order chi connectivity index (χ0) is 11.4. The number of nitrogen functional groups attached to an aromatic ring is 1. The normalized spacial score (nSPS) is 19.2. The zero-order valence-electron chi connectivity index (χ0n) is 9.52. The number of rotatable bonds is 2. The second kappa shape index (κ2) is 6.47. The molecule has 0 spiro atoms. The summed E-state index contributed by atoms with van der Waals surface area (Å²) in [6.07, 6.45) is 1.98. The van der Waals surface area contributed by atoms with Gasteiger partial charge >= 0.3 is 0 Å². The van der Waals surface area contributed by atoms with Gasteiger partial charge in [-0.2, -0.15) is 0 Å². The third-order valence-corrected chi connectivity index (χ3v) is 2.64. The molecule has 1 heterocycles. The molecule has 1 aliphatic heterocycles. The quantitative estimate of drug-likeness (QED) is 0.790. The third-order valence-electron chi connectivity index (χ3n) is 2.64. The minimum atomic E-state index is -0.0807. The standard InChI is InChI=1S/C12H16N2O2.ClH/c13-10-4-1-3-9(7-10)12(15)14-11-5-2-6-16-8-11;/h1,3-4,7,11H,2,5-6,8,13H2,(H,14,15);1H. The highest BCUT2D eigenvalue weighted by Gasteiger charge is 2.16. The molecule has 4 nitrogen and oxygen atoms in total. The number of benzene rings is 1. The van der Waals surface area contributed by atoms with Crippen molar-refractivity contribution < 1.29 is 9.53 Å². The maximum atomic E-state index is 11.8. The molecule has 1 saturated heterocycles. The van der Waals surface area contributed by atoms with Crippen LogP contribution in [0, 0.1) is 0 Å². The van der Waals surface area contributed by atoms with Crippen molar-refractivity contribution in [1.29, 1.82) is 0 Å². The highest BCUT2D eigenvalue weighted by atomic mass is 35.5. The van der Waals surface area contributed by atoms with Crippen molar-refractivity contribution in [2.24, 2.45) is 0 Å². The van der Waals surface area contributed by atoms with Gasteiger partial charge < -0.3 is 15.8 Å². The number of amides is 1. The van der Waals surface area contributed by atoms with Crippen molar-refractivity contribution >= 4 is 24.0 Å². The SMILES string of the molecule is Cl.Nc1cccc(C(=O)NC2CCCOC2)c1. The molecule has 94 valence electrons. The lowest BCUT2D eigenvalue weighted by atomic mass is 10.1. The summed E-state index contributed by atoms with van der Waals surface area (Å²) in [4.78, 5) is 11.8. The predicted molar refractivity (Wildman–Crippen MR) is 69.4 cm³/mol. The Hall–Kier alpha value is -1.26. The van der Waals surface area contributed by atoms with E-state index in [2.05, 4.69) is 5.32 Å². The maximum Gasteiger partial charge on any atom is 0.251 e. The maximum absolute atomic E-state index is 11.8. The Morgan fingerprint density at radius 3 is 2.94 bits per heavy atom. The first kappa shape index (κ1) is 13.8. The summed E-state index contributed by atoms with van der Waals surface area (Å²) in [5.41, 5.74) is 6.83. The number of carbonyl (C=O) groups is 1. The lowest BCUT2D eigenvalue weighted by Crippen LogP contribution is -2.40. The van der Waals surface area contributed by atoms with E-state index in [-0.39, 0.29) is 24.4 Å². The molecule has 1 unspecified atom stereocenters. The Morgan fingerprint density at radius 2 is 2.29 bits per heavy atom. The second-order valence-electron chi connectivity index (χ2n) is 4.01. The summed E-state index contributed by atoms with van der Waals surface area (Å²) >= 11 is 0. The molecule has 0 saturated carbocycles. The van der Waals surface area contributed by atoms with Crippen LogP contribution < -0.4 is 11.1 Å². The molecule has 1 aromatic carbocycles. The number of hydrogen-bond donors (Lipinski definition) is 2. The van der Waals surface area contributed by atoms with E-state index in [0.29, 0.717) is 17.9 Å². The van der Waals surface area contributed by atoms with Crippen LogP contribution in [0.3, 0.4) is 0 Å². The Labute approximate surface area is 107 Å². The van der Waals surface area contributed by atoms with Crippen LogP contribution >= 0.6 is 12.4 Å². The van der Waals surface area contributed by atoms with Crippen molar-refractivity contribution in [2.75, 3.05) is 18.9 Å². The van der Waals surface area contributed by atoms with Gasteiger partial charge in [-0.05, 0) is 31.0 Å². The summed E-state index contributed by atoms with van der Waals surface area (Å²) in [5, 5.41) is 2.94. The number of nitrogens with one attached hydrogen (secondary N) is 1. The first-order valence-corrected chi connectivity index (χ1v) is 5.50. The highest BCUT2D eigenvalue weighted by Crippen LogP contribution is 2.09. The van der Waals surface area contributed by atoms with Crippen LogP contribution in [0.2, 0.25) is 0 Å². The van der Waals surface area contributed by atoms with Crippen LogP contribution in [0.25, 0.3) is 0 Å². The van der Waals surface area contributed by atoms with Crippen LogP contribution in [0.5, 0.6) is 0 Å². The summed E-state index contributed by atoms with van der Waals surface area (Å²) in [6, 6.07) is 7.11. The monoisotopic (exact) mass is 256 g/mol. The fraction of sp³-hybridized carbons (Fsp3) is 0.417. The number of ether oxygens (including phenoxy) is 1. The van der Waals surface area contributed by atoms with Gasteiger partial charge in [-0.15, -0.1) is 12.4 Å². The van der Waals surface area contributed by atoms with E-state index < -0.39 is 0 Å². The van der Waals surface area contributed by atoms with Crippen molar-refractivity contribution in [1.82, 2.24) is 5.32 Å². The molecule has 1 atom stereocenters. The summed E-state index contributed by atoms with van der Waals surface area (Å²) in [7, 11) is 0. The number of halogens is 1. The van der Waals surface area contributed by atoms with Gasteiger partial charge in [-0.3, -0.25) is 4.79 Å². The second-order valence-corrected chi connectivity index (χ2v) is 4.01. The molecular weight excluding hydrogens is 240 g/mol. The summed E-state index contributed by atoms with van der Waals surface area (Å²) in [6.45, 7) is 1.40. The van der Waals surface area contributed by atoms with Crippen LogP contribution in [-0.4, -0.2) is 25.2 Å². The van der Waals surface area contributed by atoms with Crippen molar-refractivity contribution in [2.45, 2.75) is 18.9 Å². The van der Waals surface area contributed by atoms with E-state index in [1.165, 1.54) is 0 Å². The number of hydrogen-bond acceptors (Lipinski definition) is 3. The van der Waals surface area contributed by atoms with E-state index in [1.54, 1.807) is 24.3 Å². The molecule has 1 fully saturated rings. The van der Waals surface area contributed by atoms with Crippen LogP contribution in [-0.2, 0) is 4.74 Å². The highest BCUT2D eigenvalue weighted by molar-refractivity contribution is 5.95. The predicted octanol–water partition coefficient (Wildman–Crippen LogP) is 1.60. The van der Waals surface area contributed by atoms with Crippen LogP contribution in [0.4, 0.5) is 5.69 Å². The lowest BCUT2D eigenvalue weighted by Gasteiger charge is -2.23. The first-order valence-electron chi connectivity index (χ1n) is 5.50. The molecule has 1 aliphatic rings. The molecule has 5 heteroatoms. The first-order chi connectivity index (χ1) is 7.75. The van der Waals surface area contributed by atoms with Crippen molar-refractivity contribution in [3.8, 4) is 0 Å². The van der Waals surface area contributed by atoms with E-state index in [1.807, 2.05) is 0 Å². The molecular formula is C12H17ClN2O2. The van der Waals surface area contributed by atoms with Gasteiger partial charge in [0.1, 0.15) is 0 Å². The Morgan fingerprint density at radius 1 is 1.47 bits per heavy atom. The smallest absolute Gasteiger partial charge is 0.251 e. The van der Waals surface area contributed by atoms with Gasteiger partial charge in [-0.1, -0.05) is 6.07 Å². The van der Waals surface area contributed by atoms with Crippen LogP contribution in [0.15, 0.2) is 24.3 Å². The van der Waals surface area contributed by atoms with Crippen molar-refractivity contribution in [3.63, 3.8) is 0 Å². The van der Waals surface area contributed by atoms with E-state index >= 15 is 0 Å². The summed E-state index contributed by atoms with van der Waals surface area (Å²) < 4.78 is 5.30. The van der Waals surface area contributed by atoms with E-state index in [9.17, 15) is 4.79 Å². The van der Waals surface area contributed by atoms with Gasteiger partial charge in [0.05, 0.1) is 12.6 Å². The minimum absolute atomic E-state index is 0. The lowest BCUT2D eigenvalue weighted by molar-refractivity contribution is 0.0624. The fourth-order valence-electron chi connectivity index (χ4n) is 1.80. The van der Waals surface area contributed by atoms with Crippen molar-refractivity contribution in [3.05, 3.63) is 29.8 Å². The molecule has 17 heavy (non-hydrogen) atoms. The molecule has 0 bridgehead atoms.